The summed E-state index contributed by atoms with van der Waals surface area (Å²) in [5.41, 5.74) is 0. The van der Waals surface area contributed by atoms with E-state index in [1.54, 1.807) is 0 Å². The maximum absolute atomic E-state index is 12.9. The van der Waals surface area contributed by atoms with E-state index in [0.717, 1.165) is 103 Å². The molecule has 0 saturated carbocycles. The van der Waals surface area contributed by atoms with Crippen molar-refractivity contribution in [2.75, 3.05) is 13.2 Å². The van der Waals surface area contributed by atoms with Crippen LogP contribution in [-0.2, 0) is 28.6 Å². The number of esters is 3. The highest BCUT2D eigenvalue weighted by atomic mass is 16.6. The molecule has 0 radical (unpaired) electrons. The molecule has 472 valence electrons. The summed E-state index contributed by atoms with van der Waals surface area (Å²) in [4.78, 5) is 38.3. The quantitative estimate of drug-likeness (QED) is 0.0261. The fraction of sp³-hybridized carbons (Fsp3) is 0.827. The zero-order valence-corrected chi connectivity index (χ0v) is 54.3. The Kier molecular flexibility index (Phi) is 67.1. The van der Waals surface area contributed by atoms with Crippen LogP contribution in [0.15, 0.2) is 60.8 Å². The van der Waals surface area contributed by atoms with Crippen molar-refractivity contribution >= 4 is 17.9 Å². The van der Waals surface area contributed by atoms with Gasteiger partial charge < -0.3 is 14.2 Å². The van der Waals surface area contributed by atoms with Gasteiger partial charge in [0.05, 0.1) is 0 Å². The molecule has 0 N–H and O–H groups in total. The Labute approximate surface area is 504 Å². The number of rotatable bonds is 66. The second-order valence-corrected chi connectivity index (χ2v) is 24.1. The van der Waals surface area contributed by atoms with Gasteiger partial charge >= 0.3 is 17.9 Å². The number of allylic oxidation sites excluding steroid dienone is 10. The predicted octanol–water partition coefficient (Wildman–Crippen LogP) is 24.7. The van der Waals surface area contributed by atoms with Crippen molar-refractivity contribution in [3.63, 3.8) is 0 Å². The van der Waals surface area contributed by atoms with E-state index in [9.17, 15) is 14.4 Å². The first-order chi connectivity index (χ1) is 40.0. The maximum atomic E-state index is 12.9. The fourth-order valence-electron chi connectivity index (χ4n) is 10.7. The van der Waals surface area contributed by atoms with Crippen molar-refractivity contribution in [1.82, 2.24) is 0 Å². The summed E-state index contributed by atoms with van der Waals surface area (Å²) in [6.45, 7) is 6.53. The van der Waals surface area contributed by atoms with Crippen molar-refractivity contribution < 1.29 is 28.6 Å². The summed E-state index contributed by atoms with van der Waals surface area (Å²) in [6.07, 6.45) is 90.0. The van der Waals surface area contributed by atoms with Crippen LogP contribution >= 0.6 is 0 Å². The summed E-state index contributed by atoms with van der Waals surface area (Å²) in [5, 5.41) is 0. The number of unbranched alkanes of at least 4 members (excludes halogenated alkanes) is 45. The molecule has 1 atom stereocenters. The number of carbonyl (C=O) groups is 3. The standard InChI is InChI=1S/C75H136O6/c1-4-7-10-13-16-19-22-24-26-28-30-31-32-33-34-35-36-37-38-39-40-41-42-43-45-46-48-50-53-56-59-62-65-68-74(77)80-71-72(70-79-73(76)67-64-61-58-55-52-21-18-15-12-9-6-3)81-75(78)69-66-63-60-57-54-51-49-47-44-29-27-25-23-20-17-14-11-8-5-2/h8,11,15,17-18,20,25,27,44,47,72H,4-7,9-10,12-14,16,19,21-24,26,28-43,45-46,48-71H2,1-3H3/b11-8-,18-15-,20-17-,27-25-,47-44-. The highest BCUT2D eigenvalue weighted by molar-refractivity contribution is 5.71. The van der Waals surface area contributed by atoms with Gasteiger partial charge in [-0.15, -0.1) is 0 Å². The molecule has 6 heteroatoms. The van der Waals surface area contributed by atoms with Crippen LogP contribution < -0.4 is 0 Å². The molecule has 0 aromatic carbocycles. The lowest BCUT2D eigenvalue weighted by molar-refractivity contribution is -0.167. The molecule has 0 spiro atoms. The van der Waals surface area contributed by atoms with E-state index in [-0.39, 0.29) is 31.1 Å². The maximum Gasteiger partial charge on any atom is 0.306 e. The normalized spacial score (nSPS) is 12.4. The van der Waals surface area contributed by atoms with Crippen LogP contribution in [0.5, 0.6) is 0 Å². The van der Waals surface area contributed by atoms with Crippen LogP contribution in [-0.4, -0.2) is 37.2 Å². The second kappa shape index (κ2) is 69.6. The number of hydrogen-bond acceptors (Lipinski definition) is 6. The smallest absolute Gasteiger partial charge is 0.306 e. The summed E-state index contributed by atoms with van der Waals surface area (Å²) in [6, 6.07) is 0. The minimum atomic E-state index is -0.785. The molecule has 0 aliphatic rings. The molecule has 0 aromatic heterocycles. The molecule has 6 nitrogen and oxygen atoms in total. The van der Waals surface area contributed by atoms with Crippen LogP contribution in [0.25, 0.3) is 0 Å². The van der Waals surface area contributed by atoms with Gasteiger partial charge in [-0.1, -0.05) is 345 Å². The van der Waals surface area contributed by atoms with Gasteiger partial charge in [0.25, 0.3) is 0 Å². The third kappa shape index (κ3) is 67.8. The van der Waals surface area contributed by atoms with Crippen LogP contribution in [0, 0.1) is 0 Å². The summed E-state index contributed by atoms with van der Waals surface area (Å²) in [7, 11) is 0. The zero-order valence-electron chi connectivity index (χ0n) is 54.3. The van der Waals surface area contributed by atoms with Crippen molar-refractivity contribution in [3.8, 4) is 0 Å². The topological polar surface area (TPSA) is 78.9 Å². The summed E-state index contributed by atoms with van der Waals surface area (Å²) < 4.78 is 16.9. The van der Waals surface area contributed by atoms with Crippen molar-refractivity contribution in [2.45, 2.75) is 386 Å². The van der Waals surface area contributed by atoms with Crippen LogP contribution in [0.3, 0.4) is 0 Å². The van der Waals surface area contributed by atoms with Gasteiger partial charge in [-0.3, -0.25) is 14.4 Å². The first kappa shape index (κ1) is 78.1. The van der Waals surface area contributed by atoms with Gasteiger partial charge in [0.1, 0.15) is 13.2 Å². The Hall–Kier alpha value is -2.89. The van der Waals surface area contributed by atoms with E-state index in [1.165, 1.54) is 238 Å². The molecule has 0 heterocycles. The third-order valence-electron chi connectivity index (χ3n) is 16.0. The van der Waals surface area contributed by atoms with Gasteiger partial charge in [0.15, 0.2) is 6.10 Å². The lowest BCUT2D eigenvalue weighted by Gasteiger charge is -2.18. The molecular weight excluding hydrogens is 997 g/mol. The lowest BCUT2D eigenvalue weighted by Crippen LogP contribution is -2.30. The van der Waals surface area contributed by atoms with Gasteiger partial charge in [-0.05, 0) is 77.0 Å². The Morgan fingerprint density at radius 1 is 0.259 bits per heavy atom. The van der Waals surface area contributed by atoms with Crippen LogP contribution in [0.4, 0.5) is 0 Å². The molecule has 0 amide bonds. The first-order valence-corrected chi connectivity index (χ1v) is 35.8. The Bertz CT molecular complexity index is 1440. The lowest BCUT2D eigenvalue weighted by atomic mass is 10.0. The highest BCUT2D eigenvalue weighted by Gasteiger charge is 2.19. The highest BCUT2D eigenvalue weighted by Crippen LogP contribution is 2.19. The van der Waals surface area contributed by atoms with Crippen LogP contribution in [0.2, 0.25) is 0 Å². The first-order valence-electron chi connectivity index (χ1n) is 35.8. The minimum Gasteiger partial charge on any atom is -0.462 e. The van der Waals surface area contributed by atoms with E-state index >= 15 is 0 Å². The third-order valence-corrected chi connectivity index (χ3v) is 16.0. The monoisotopic (exact) mass is 1130 g/mol. The molecule has 1 unspecified atom stereocenters. The predicted molar refractivity (Wildman–Crippen MR) is 353 cm³/mol. The summed E-state index contributed by atoms with van der Waals surface area (Å²) in [5.74, 6) is -0.885. The van der Waals surface area contributed by atoms with E-state index in [4.69, 9.17) is 14.2 Å². The largest absolute Gasteiger partial charge is 0.462 e. The van der Waals surface area contributed by atoms with Gasteiger partial charge in [-0.25, -0.2) is 0 Å². The molecule has 81 heavy (non-hydrogen) atoms. The number of carbonyl (C=O) groups excluding carboxylic acids is 3. The fourth-order valence-corrected chi connectivity index (χ4v) is 10.7. The zero-order chi connectivity index (χ0) is 58.5. The molecule has 0 aliphatic heterocycles. The van der Waals surface area contributed by atoms with Crippen molar-refractivity contribution in [1.29, 1.82) is 0 Å². The Morgan fingerprint density at radius 2 is 0.494 bits per heavy atom. The molecule has 0 saturated heterocycles. The molecule has 0 fully saturated rings. The Balaban J connectivity index is 4.09. The van der Waals surface area contributed by atoms with Crippen LogP contribution in [0.1, 0.15) is 380 Å². The average Bonchev–Trinajstić information content (AvgIpc) is 3.47. The van der Waals surface area contributed by atoms with E-state index in [0.29, 0.717) is 19.3 Å². The van der Waals surface area contributed by atoms with Crippen molar-refractivity contribution in [2.24, 2.45) is 0 Å². The van der Waals surface area contributed by atoms with Gasteiger partial charge in [0, 0.05) is 19.3 Å². The Morgan fingerprint density at radius 3 is 0.802 bits per heavy atom. The number of hydrogen-bond donors (Lipinski definition) is 0. The van der Waals surface area contributed by atoms with E-state index < -0.39 is 6.10 Å². The SMILES string of the molecule is CC/C=C\C/C=C\C/C=C\C/C=C\CCCCCCCCC(=O)OC(COC(=O)CCCCCCC/C=C\CCCC)COC(=O)CCCCCCCCCCCCCCCCCCCCCCCCCCCCCCCCCCC. The molecule has 0 aliphatic carbocycles. The van der Waals surface area contributed by atoms with Gasteiger partial charge in [-0.2, -0.15) is 0 Å². The second-order valence-electron chi connectivity index (χ2n) is 24.1. The molecular formula is C75H136O6. The molecule has 0 bridgehead atoms. The molecule has 0 rings (SSSR count). The number of ether oxygens (including phenoxy) is 3. The summed E-state index contributed by atoms with van der Waals surface area (Å²) >= 11 is 0. The van der Waals surface area contributed by atoms with Crippen molar-refractivity contribution in [3.05, 3.63) is 60.8 Å². The van der Waals surface area contributed by atoms with E-state index in [2.05, 4.69) is 81.5 Å². The van der Waals surface area contributed by atoms with Gasteiger partial charge in [0.2, 0.25) is 0 Å². The average molecular weight is 1130 g/mol. The minimum absolute atomic E-state index is 0.0797. The van der Waals surface area contributed by atoms with E-state index in [1.807, 2.05) is 0 Å². The molecule has 0 aromatic rings.